The van der Waals surface area contributed by atoms with Crippen LogP contribution in [0.5, 0.6) is 23.0 Å². The molecule has 0 aliphatic rings. The lowest BCUT2D eigenvalue weighted by Gasteiger charge is -2.21. The first-order valence-electron chi connectivity index (χ1n) is 10.1. The van der Waals surface area contributed by atoms with Gasteiger partial charge in [0.05, 0.1) is 33.8 Å². The van der Waals surface area contributed by atoms with Gasteiger partial charge in [-0.05, 0) is 41.0 Å². The van der Waals surface area contributed by atoms with Crippen LogP contribution >= 0.6 is 0 Å². The van der Waals surface area contributed by atoms with E-state index >= 15 is 0 Å². The van der Waals surface area contributed by atoms with Crippen molar-refractivity contribution >= 4 is 5.91 Å². The predicted octanol–water partition coefficient (Wildman–Crippen LogP) is 4.76. The molecule has 1 amide bonds. The Kier molecular flexibility index (Phi) is 8.07. The molecular weight excluding hydrogens is 432 g/mol. The summed E-state index contributed by atoms with van der Waals surface area (Å²) in [5.41, 5.74) is 2.24. The zero-order valence-electron chi connectivity index (χ0n) is 18.5. The normalized spacial score (nSPS) is 11.6. The summed E-state index contributed by atoms with van der Waals surface area (Å²) < 4.78 is 45.4. The van der Waals surface area contributed by atoms with Crippen molar-refractivity contribution in [3.05, 3.63) is 83.4 Å². The van der Waals surface area contributed by atoms with Gasteiger partial charge in [-0.2, -0.15) is 8.78 Å². The third kappa shape index (κ3) is 6.12. The molecule has 3 aromatic rings. The summed E-state index contributed by atoms with van der Waals surface area (Å²) in [5.74, 6) is 1.15. The molecule has 0 radical (unpaired) electrons. The minimum absolute atomic E-state index is 0.0457. The number of carbonyl (C=O) groups excluding carboxylic acids is 1. The largest absolute Gasteiger partial charge is 0.493 e. The molecule has 3 aromatic carbocycles. The summed E-state index contributed by atoms with van der Waals surface area (Å²) >= 11 is 0. The molecule has 0 fully saturated rings. The van der Waals surface area contributed by atoms with E-state index in [-0.39, 0.29) is 18.1 Å². The van der Waals surface area contributed by atoms with Crippen LogP contribution < -0.4 is 24.3 Å². The van der Waals surface area contributed by atoms with E-state index in [1.54, 1.807) is 24.3 Å². The molecule has 0 bridgehead atoms. The molecular formula is C25H25F2NO5. The number of hydrogen-bond acceptors (Lipinski definition) is 5. The highest BCUT2D eigenvalue weighted by Crippen LogP contribution is 2.38. The van der Waals surface area contributed by atoms with Gasteiger partial charge in [0, 0.05) is 0 Å². The van der Waals surface area contributed by atoms with Gasteiger partial charge in [-0.3, -0.25) is 4.79 Å². The second-order valence-electron chi connectivity index (χ2n) is 7.07. The van der Waals surface area contributed by atoms with E-state index in [2.05, 4.69) is 10.1 Å². The summed E-state index contributed by atoms with van der Waals surface area (Å²) in [6.07, 6.45) is 0.0621. The van der Waals surface area contributed by atoms with Gasteiger partial charge in [0.2, 0.25) is 11.7 Å². The number of hydrogen-bond donors (Lipinski definition) is 1. The third-order valence-corrected chi connectivity index (χ3v) is 4.97. The summed E-state index contributed by atoms with van der Waals surface area (Å²) in [6, 6.07) is 18.5. The van der Waals surface area contributed by atoms with Crippen LogP contribution in [0, 0.1) is 0 Å². The Balaban J connectivity index is 1.84. The van der Waals surface area contributed by atoms with Crippen LogP contribution in [0.4, 0.5) is 8.78 Å². The van der Waals surface area contributed by atoms with Crippen LogP contribution in [-0.2, 0) is 11.2 Å². The molecule has 1 atom stereocenters. The Morgan fingerprint density at radius 2 is 1.42 bits per heavy atom. The van der Waals surface area contributed by atoms with Gasteiger partial charge in [0.15, 0.2) is 11.5 Å². The number of nitrogens with one attached hydrogen (secondary N) is 1. The van der Waals surface area contributed by atoms with Gasteiger partial charge in [0.1, 0.15) is 5.75 Å². The summed E-state index contributed by atoms with van der Waals surface area (Å²) in [6.45, 7) is -2.90. The summed E-state index contributed by atoms with van der Waals surface area (Å²) in [4.78, 5) is 13.0. The first-order valence-corrected chi connectivity index (χ1v) is 10.1. The quantitative estimate of drug-likeness (QED) is 0.476. The number of ether oxygens (including phenoxy) is 4. The first-order chi connectivity index (χ1) is 15.9. The maximum atomic E-state index is 13.0. The Morgan fingerprint density at radius 1 is 0.848 bits per heavy atom. The standard InChI is InChI=1S/C25H25F2NO5/c1-30-20-13-16(14-21(31-2)24(20)32-3)15-22(29)28-23(17-7-5-4-6-8-17)18-9-11-19(12-10-18)33-25(26)27/h4-14,23,25H,15H2,1-3H3,(H,28,29). The molecule has 0 heterocycles. The number of amides is 1. The zero-order chi connectivity index (χ0) is 23.8. The number of benzene rings is 3. The molecule has 174 valence electrons. The average Bonchev–Trinajstić information content (AvgIpc) is 2.82. The van der Waals surface area contributed by atoms with Gasteiger partial charge in [-0.15, -0.1) is 0 Å². The molecule has 33 heavy (non-hydrogen) atoms. The van der Waals surface area contributed by atoms with Crippen molar-refractivity contribution in [1.29, 1.82) is 0 Å². The molecule has 0 spiro atoms. The van der Waals surface area contributed by atoms with Crippen molar-refractivity contribution in [2.45, 2.75) is 19.1 Å². The lowest BCUT2D eigenvalue weighted by atomic mass is 9.98. The first kappa shape index (κ1) is 23.8. The van der Waals surface area contributed by atoms with Gasteiger partial charge < -0.3 is 24.3 Å². The van der Waals surface area contributed by atoms with Crippen LogP contribution in [0.15, 0.2) is 66.7 Å². The van der Waals surface area contributed by atoms with E-state index in [9.17, 15) is 13.6 Å². The zero-order valence-corrected chi connectivity index (χ0v) is 18.5. The van der Waals surface area contributed by atoms with Crippen LogP contribution in [0.2, 0.25) is 0 Å². The molecule has 3 rings (SSSR count). The van der Waals surface area contributed by atoms with Crippen molar-refractivity contribution in [3.8, 4) is 23.0 Å². The van der Waals surface area contributed by atoms with Crippen molar-refractivity contribution < 1.29 is 32.5 Å². The van der Waals surface area contributed by atoms with Crippen molar-refractivity contribution in [2.75, 3.05) is 21.3 Å². The molecule has 0 aliphatic heterocycles. The molecule has 0 saturated carbocycles. The molecule has 8 heteroatoms. The SMILES string of the molecule is COc1cc(CC(=O)NC(c2ccccc2)c2ccc(OC(F)F)cc2)cc(OC)c1OC. The Hall–Kier alpha value is -3.81. The molecule has 1 N–H and O–H groups in total. The van der Waals surface area contributed by atoms with Crippen LogP contribution in [0.25, 0.3) is 0 Å². The lowest BCUT2D eigenvalue weighted by Crippen LogP contribution is -2.30. The third-order valence-electron chi connectivity index (χ3n) is 4.97. The number of carbonyl (C=O) groups is 1. The lowest BCUT2D eigenvalue weighted by molar-refractivity contribution is -0.120. The van der Waals surface area contributed by atoms with Gasteiger partial charge in [-0.1, -0.05) is 42.5 Å². The maximum Gasteiger partial charge on any atom is 0.387 e. The fourth-order valence-electron chi connectivity index (χ4n) is 3.48. The minimum atomic E-state index is -2.90. The number of alkyl halides is 2. The van der Waals surface area contributed by atoms with Gasteiger partial charge in [0.25, 0.3) is 0 Å². The topological polar surface area (TPSA) is 66.0 Å². The van der Waals surface area contributed by atoms with Gasteiger partial charge in [-0.25, -0.2) is 0 Å². The smallest absolute Gasteiger partial charge is 0.387 e. The monoisotopic (exact) mass is 457 g/mol. The second-order valence-corrected chi connectivity index (χ2v) is 7.07. The molecule has 0 aliphatic carbocycles. The average molecular weight is 457 g/mol. The van der Waals surface area contributed by atoms with E-state index in [1.807, 2.05) is 30.3 Å². The molecule has 0 aromatic heterocycles. The van der Waals surface area contributed by atoms with Gasteiger partial charge >= 0.3 is 6.61 Å². The second kappa shape index (κ2) is 11.2. The highest BCUT2D eigenvalue weighted by molar-refractivity contribution is 5.80. The predicted molar refractivity (Wildman–Crippen MR) is 119 cm³/mol. The van der Waals surface area contributed by atoms with E-state index in [0.29, 0.717) is 22.8 Å². The highest BCUT2D eigenvalue weighted by Gasteiger charge is 2.19. The van der Waals surface area contributed by atoms with E-state index in [0.717, 1.165) is 11.1 Å². The number of halogens is 2. The van der Waals surface area contributed by atoms with Crippen LogP contribution in [0.1, 0.15) is 22.7 Å². The van der Waals surface area contributed by atoms with E-state index in [1.165, 1.54) is 33.5 Å². The Bertz CT molecular complexity index is 1030. The Labute approximate surface area is 191 Å². The van der Waals surface area contributed by atoms with Crippen molar-refractivity contribution in [1.82, 2.24) is 5.32 Å². The molecule has 1 unspecified atom stereocenters. The van der Waals surface area contributed by atoms with Crippen molar-refractivity contribution in [3.63, 3.8) is 0 Å². The van der Waals surface area contributed by atoms with Crippen molar-refractivity contribution in [2.24, 2.45) is 0 Å². The highest BCUT2D eigenvalue weighted by atomic mass is 19.3. The fraction of sp³-hybridized carbons (Fsp3) is 0.240. The summed E-state index contributed by atoms with van der Waals surface area (Å²) in [5, 5.41) is 3.02. The van der Waals surface area contributed by atoms with Crippen LogP contribution in [-0.4, -0.2) is 33.8 Å². The van der Waals surface area contributed by atoms with E-state index < -0.39 is 12.7 Å². The summed E-state index contributed by atoms with van der Waals surface area (Å²) in [7, 11) is 4.52. The molecule has 6 nitrogen and oxygen atoms in total. The number of methoxy groups -OCH3 is 3. The fourth-order valence-corrected chi connectivity index (χ4v) is 3.48. The van der Waals surface area contributed by atoms with Crippen LogP contribution in [0.3, 0.4) is 0 Å². The minimum Gasteiger partial charge on any atom is -0.493 e. The van der Waals surface area contributed by atoms with E-state index in [4.69, 9.17) is 14.2 Å². The maximum absolute atomic E-state index is 13.0. The Morgan fingerprint density at radius 3 is 1.94 bits per heavy atom. The number of rotatable bonds is 10. The molecule has 0 saturated heterocycles.